The minimum Gasteiger partial charge on any atom is -0.310 e. The molecular weight excluding hydrogens is 198 g/mol. The number of hydrogen-bond donors (Lipinski definition) is 1. The average molecular weight is 219 g/mol. The zero-order valence-electron chi connectivity index (χ0n) is 10.2. The van der Waals surface area contributed by atoms with Gasteiger partial charge in [-0.1, -0.05) is 56.5 Å². The maximum atomic E-state index is 12.1. The van der Waals surface area contributed by atoms with Crippen molar-refractivity contribution in [3.63, 3.8) is 0 Å². The quantitative estimate of drug-likeness (QED) is 0.564. The molecule has 1 atom stereocenters. The number of benzene rings is 1. The Labute approximate surface area is 98.1 Å². The average Bonchev–Trinajstić information content (AvgIpc) is 2.35. The largest absolute Gasteiger partial charge is 0.310 e. The summed E-state index contributed by atoms with van der Waals surface area (Å²) in [5.74, 6) is 0.208. The first kappa shape index (κ1) is 12.9. The molecule has 1 aromatic carbocycles. The van der Waals surface area contributed by atoms with Crippen LogP contribution in [0, 0.1) is 0 Å². The lowest BCUT2D eigenvalue weighted by atomic mass is 9.99. The third-order valence-corrected chi connectivity index (χ3v) is 2.82. The molecule has 0 spiro atoms. The second-order valence-corrected chi connectivity index (χ2v) is 4.07. The molecule has 1 N–H and O–H groups in total. The number of ketones is 1. The second-order valence-electron chi connectivity index (χ2n) is 4.07. The fraction of sp³-hybridized carbons (Fsp3) is 0.500. The predicted octanol–water partition coefficient (Wildman–Crippen LogP) is 3.04. The Morgan fingerprint density at radius 1 is 1.25 bits per heavy atom. The first-order valence-electron chi connectivity index (χ1n) is 6.06. The molecule has 2 heteroatoms. The van der Waals surface area contributed by atoms with E-state index in [4.69, 9.17) is 0 Å². The Hall–Kier alpha value is -1.15. The summed E-state index contributed by atoms with van der Waals surface area (Å²) in [5, 5.41) is 3.11. The fourth-order valence-corrected chi connectivity index (χ4v) is 1.81. The van der Waals surface area contributed by atoms with Crippen LogP contribution in [0.1, 0.15) is 43.0 Å². The first-order valence-corrected chi connectivity index (χ1v) is 6.06. The standard InChI is InChI=1S/C14H21NO/c1-3-4-6-11-13(15-2)14(16)12-9-7-5-8-10-12/h5,7-10,13,15H,3-4,6,11H2,1-2H3. The van der Waals surface area contributed by atoms with Gasteiger partial charge in [0, 0.05) is 5.56 Å². The lowest BCUT2D eigenvalue weighted by Gasteiger charge is -2.14. The summed E-state index contributed by atoms with van der Waals surface area (Å²) in [5.41, 5.74) is 0.804. The lowest BCUT2D eigenvalue weighted by molar-refractivity contribution is 0.0941. The van der Waals surface area contributed by atoms with Crippen molar-refractivity contribution in [2.45, 2.75) is 38.6 Å². The molecule has 0 aliphatic rings. The number of nitrogens with one attached hydrogen (secondary N) is 1. The monoisotopic (exact) mass is 219 g/mol. The van der Waals surface area contributed by atoms with E-state index in [-0.39, 0.29) is 11.8 Å². The molecule has 0 aliphatic heterocycles. The van der Waals surface area contributed by atoms with Crippen LogP contribution < -0.4 is 5.32 Å². The molecule has 0 aliphatic carbocycles. The molecular formula is C14H21NO. The molecule has 0 fully saturated rings. The van der Waals surface area contributed by atoms with Gasteiger partial charge in [-0.2, -0.15) is 0 Å². The van der Waals surface area contributed by atoms with Gasteiger partial charge >= 0.3 is 0 Å². The first-order chi connectivity index (χ1) is 7.79. The molecule has 0 bridgehead atoms. The van der Waals surface area contributed by atoms with E-state index in [9.17, 15) is 4.79 Å². The van der Waals surface area contributed by atoms with E-state index in [1.807, 2.05) is 37.4 Å². The van der Waals surface area contributed by atoms with E-state index >= 15 is 0 Å². The van der Waals surface area contributed by atoms with Crippen LogP contribution in [0.15, 0.2) is 30.3 Å². The third-order valence-electron chi connectivity index (χ3n) is 2.82. The van der Waals surface area contributed by atoms with Gasteiger partial charge in [0.2, 0.25) is 0 Å². The van der Waals surface area contributed by atoms with E-state index in [1.54, 1.807) is 0 Å². The van der Waals surface area contributed by atoms with Gasteiger partial charge in [0.05, 0.1) is 6.04 Å². The molecule has 2 nitrogen and oxygen atoms in total. The lowest BCUT2D eigenvalue weighted by Crippen LogP contribution is -2.34. The van der Waals surface area contributed by atoms with Crippen LogP contribution >= 0.6 is 0 Å². The Morgan fingerprint density at radius 2 is 1.94 bits per heavy atom. The highest BCUT2D eigenvalue weighted by molar-refractivity contribution is 6.00. The van der Waals surface area contributed by atoms with Gasteiger partial charge < -0.3 is 5.32 Å². The van der Waals surface area contributed by atoms with E-state index < -0.39 is 0 Å². The number of likely N-dealkylation sites (N-methyl/N-ethyl adjacent to an activating group) is 1. The molecule has 0 saturated carbocycles. The van der Waals surface area contributed by atoms with E-state index in [1.165, 1.54) is 12.8 Å². The summed E-state index contributed by atoms with van der Waals surface area (Å²) in [6.45, 7) is 2.17. The Bertz CT molecular complexity index is 308. The maximum Gasteiger partial charge on any atom is 0.179 e. The summed E-state index contributed by atoms with van der Waals surface area (Å²) >= 11 is 0. The van der Waals surface area contributed by atoms with Crippen molar-refractivity contribution in [1.29, 1.82) is 0 Å². The number of unbranched alkanes of at least 4 members (excludes halogenated alkanes) is 2. The topological polar surface area (TPSA) is 29.1 Å². The molecule has 0 radical (unpaired) electrons. The molecule has 1 rings (SSSR count). The molecule has 0 aromatic heterocycles. The molecule has 1 unspecified atom stereocenters. The molecule has 1 aromatic rings. The maximum absolute atomic E-state index is 12.1. The Kier molecular flexibility index (Phi) is 5.79. The number of hydrogen-bond acceptors (Lipinski definition) is 2. The van der Waals surface area contributed by atoms with Crippen LogP contribution in [0.4, 0.5) is 0 Å². The van der Waals surface area contributed by atoms with Crippen molar-refractivity contribution in [2.24, 2.45) is 0 Å². The van der Waals surface area contributed by atoms with Gasteiger partial charge in [-0.05, 0) is 13.5 Å². The Morgan fingerprint density at radius 3 is 2.50 bits per heavy atom. The molecule has 0 amide bonds. The third kappa shape index (κ3) is 3.78. The van der Waals surface area contributed by atoms with Gasteiger partial charge in [-0.25, -0.2) is 0 Å². The summed E-state index contributed by atoms with van der Waals surface area (Å²) in [6, 6.07) is 9.48. The van der Waals surface area contributed by atoms with Crippen LogP contribution in [0.3, 0.4) is 0 Å². The van der Waals surface area contributed by atoms with Gasteiger partial charge in [0.25, 0.3) is 0 Å². The van der Waals surface area contributed by atoms with Crippen molar-refractivity contribution >= 4 is 5.78 Å². The summed E-state index contributed by atoms with van der Waals surface area (Å²) in [6.07, 6.45) is 4.43. The van der Waals surface area contributed by atoms with E-state index in [0.29, 0.717) is 0 Å². The minimum absolute atomic E-state index is 0.0334. The highest BCUT2D eigenvalue weighted by Gasteiger charge is 2.16. The van der Waals surface area contributed by atoms with Gasteiger partial charge in [-0.3, -0.25) is 4.79 Å². The van der Waals surface area contributed by atoms with Crippen molar-refractivity contribution in [2.75, 3.05) is 7.05 Å². The molecule has 0 heterocycles. The van der Waals surface area contributed by atoms with Crippen LogP contribution in [0.5, 0.6) is 0 Å². The van der Waals surface area contributed by atoms with Gasteiger partial charge in [0.1, 0.15) is 0 Å². The number of Topliss-reactive ketones (excluding diaryl/α,β-unsaturated/α-hetero) is 1. The number of carbonyl (C=O) groups is 1. The smallest absolute Gasteiger partial charge is 0.179 e. The van der Waals surface area contributed by atoms with Crippen LogP contribution in [-0.4, -0.2) is 18.9 Å². The summed E-state index contributed by atoms with van der Waals surface area (Å²) < 4.78 is 0. The number of rotatable bonds is 7. The van der Waals surface area contributed by atoms with Gasteiger partial charge in [0.15, 0.2) is 5.78 Å². The van der Waals surface area contributed by atoms with Crippen molar-refractivity contribution in [3.05, 3.63) is 35.9 Å². The second kappa shape index (κ2) is 7.18. The minimum atomic E-state index is -0.0334. The van der Waals surface area contributed by atoms with Crippen LogP contribution in [0.2, 0.25) is 0 Å². The Balaban J connectivity index is 2.56. The highest BCUT2D eigenvalue weighted by Crippen LogP contribution is 2.09. The normalized spacial score (nSPS) is 12.4. The summed E-state index contributed by atoms with van der Waals surface area (Å²) in [7, 11) is 1.86. The van der Waals surface area contributed by atoms with Crippen molar-refractivity contribution < 1.29 is 4.79 Å². The zero-order valence-corrected chi connectivity index (χ0v) is 10.2. The van der Waals surface area contributed by atoms with Crippen LogP contribution in [-0.2, 0) is 0 Å². The van der Waals surface area contributed by atoms with Gasteiger partial charge in [-0.15, -0.1) is 0 Å². The zero-order chi connectivity index (χ0) is 11.8. The summed E-state index contributed by atoms with van der Waals surface area (Å²) in [4.78, 5) is 12.1. The number of carbonyl (C=O) groups excluding carboxylic acids is 1. The van der Waals surface area contributed by atoms with E-state index in [0.717, 1.165) is 18.4 Å². The van der Waals surface area contributed by atoms with Crippen LogP contribution in [0.25, 0.3) is 0 Å². The molecule has 0 saturated heterocycles. The molecule has 16 heavy (non-hydrogen) atoms. The van der Waals surface area contributed by atoms with Crippen molar-refractivity contribution in [1.82, 2.24) is 5.32 Å². The molecule has 88 valence electrons. The SMILES string of the molecule is CCCCCC(NC)C(=O)c1ccccc1. The van der Waals surface area contributed by atoms with E-state index in [2.05, 4.69) is 12.2 Å². The highest BCUT2D eigenvalue weighted by atomic mass is 16.1. The predicted molar refractivity (Wildman–Crippen MR) is 67.8 cm³/mol. The van der Waals surface area contributed by atoms with Crippen molar-refractivity contribution in [3.8, 4) is 0 Å². The fourth-order valence-electron chi connectivity index (χ4n) is 1.81.